The van der Waals surface area contributed by atoms with Gasteiger partial charge in [0.2, 0.25) is 0 Å². The molecule has 10 rings (SSSR count). The van der Waals surface area contributed by atoms with Crippen LogP contribution in [0.15, 0.2) is 237 Å². The van der Waals surface area contributed by atoms with Crippen molar-refractivity contribution in [1.82, 2.24) is 0 Å². The zero-order valence-electron chi connectivity index (χ0n) is 56.3. The van der Waals surface area contributed by atoms with Crippen molar-refractivity contribution in [1.29, 1.82) is 0 Å². The molecule has 0 aliphatic rings. The molecule has 0 bridgehead atoms. The van der Waals surface area contributed by atoms with Gasteiger partial charge in [0.25, 0.3) is 0 Å². The van der Waals surface area contributed by atoms with E-state index in [2.05, 4.69) is 245 Å². The standard InChI is InChI=1S/2C39H40O2.8F2.FH/c1-27-24-32(20-22-35(27)40)37(2,3)30-18-13-19-31(25-30)38(4,5)33-21-23-36(41)34(26-33)39(6,28-14-9-7-10-15-28)29-16-11-8-12-17-29;1-26-23-33(19-21-36(26)40)38(3,4)31-13-10-14-32(24-31)39(5,6)34-20-22-37(41)35(25-34)27(2)28-15-17-30(18-16-28)29-11-8-7-9-12-29;8*1-2;/h7-26,40-41H,1-6H3;7-25,27,40-41H,1-6H3;;;;;;;;;1H. The van der Waals surface area contributed by atoms with E-state index >= 15 is 0 Å². The fraction of sp³-hybridized carbons (Fsp3) is 0.231. The summed E-state index contributed by atoms with van der Waals surface area (Å²) in [6.07, 6.45) is 0. The van der Waals surface area contributed by atoms with E-state index in [1.54, 1.807) is 12.1 Å². The van der Waals surface area contributed by atoms with Crippen LogP contribution < -0.4 is 0 Å². The molecule has 0 spiro atoms. The van der Waals surface area contributed by atoms with E-state index in [0.717, 1.165) is 50.1 Å². The molecule has 21 heteroatoms. The van der Waals surface area contributed by atoms with Crippen LogP contribution in [0.4, 0.5) is 77.9 Å². The summed E-state index contributed by atoms with van der Waals surface area (Å²) in [5, 5.41) is 42.4. The maximum atomic E-state index is 11.3. The topological polar surface area (TPSA) is 80.9 Å². The summed E-state index contributed by atoms with van der Waals surface area (Å²) in [6.45, 7) is 26.2. The minimum Gasteiger partial charge on any atom is -0.508 e. The maximum Gasteiger partial charge on any atom is 0.120 e. The predicted octanol–water partition coefficient (Wildman–Crippen LogP) is 26.2. The molecule has 1 unspecified atom stereocenters. The molecule has 4 nitrogen and oxygen atoms in total. The van der Waals surface area contributed by atoms with E-state index in [0.29, 0.717) is 17.2 Å². The van der Waals surface area contributed by atoms with Crippen LogP contribution in [0, 0.1) is 13.8 Å². The van der Waals surface area contributed by atoms with Crippen LogP contribution in [0.2, 0.25) is 0 Å². The van der Waals surface area contributed by atoms with Crippen molar-refractivity contribution in [2.24, 2.45) is 0 Å². The lowest BCUT2D eigenvalue weighted by Crippen LogP contribution is -2.27. The first kappa shape index (κ1) is 89.2. The predicted molar refractivity (Wildman–Crippen MR) is 361 cm³/mol. The van der Waals surface area contributed by atoms with Gasteiger partial charge in [0, 0.05) is 117 Å². The number of hydrogen-bond donors (Lipinski definition) is 4. The fourth-order valence-electron chi connectivity index (χ4n) is 11.8. The molecule has 0 amide bonds. The fourth-order valence-corrected chi connectivity index (χ4v) is 11.8. The molecule has 1 atom stereocenters. The molecule has 0 saturated carbocycles. The number of phenols is 4. The minimum absolute atomic E-state index is 0. The van der Waals surface area contributed by atoms with Gasteiger partial charge in [-0.2, -0.15) is 0 Å². The first-order valence-corrected chi connectivity index (χ1v) is 29.8. The Morgan fingerprint density at radius 1 is 0.263 bits per heavy atom. The lowest BCUT2D eigenvalue weighted by Gasteiger charge is -2.35. The highest BCUT2D eigenvalue weighted by molar-refractivity contribution is 5.64. The number of phenolic OH excluding ortho intramolecular Hbond substituents is 4. The largest absolute Gasteiger partial charge is 0.508 e. The average molecular weight is 1410 g/mol. The second-order valence-electron chi connectivity index (χ2n) is 24.7. The Labute approximate surface area is 566 Å². The summed E-state index contributed by atoms with van der Waals surface area (Å²) < 4.78 is 128. The van der Waals surface area contributed by atoms with Gasteiger partial charge in [-0.1, -0.05) is 269 Å². The monoisotopic (exact) mass is 1400 g/mol. The van der Waals surface area contributed by atoms with Crippen LogP contribution in [0.3, 0.4) is 0 Å². The number of aryl methyl sites for hydroxylation is 2. The van der Waals surface area contributed by atoms with E-state index in [9.17, 15) is 20.4 Å². The Kier molecular flexibility index (Phi) is 38.6. The van der Waals surface area contributed by atoms with Crippen LogP contribution in [-0.4, -0.2) is 20.4 Å². The zero-order chi connectivity index (χ0) is 74.8. The number of rotatable bonds is 14. The van der Waals surface area contributed by atoms with Crippen molar-refractivity contribution >= 4 is 0 Å². The molecular weight excluding hydrogens is 1320 g/mol. The van der Waals surface area contributed by atoms with Crippen LogP contribution in [0.1, 0.15) is 159 Å². The number of benzene rings is 10. The van der Waals surface area contributed by atoms with Crippen LogP contribution in [-0.2, 0) is 27.1 Å². The highest BCUT2D eigenvalue weighted by Gasteiger charge is 2.36. The molecule has 0 saturated heterocycles. The second kappa shape index (κ2) is 42.8. The first-order chi connectivity index (χ1) is 46.9. The molecule has 0 heterocycles. The van der Waals surface area contributed by atoms with Crippen molar-refractivity contribution in [3.05, 3.63) is 320 Å². The van der Waals surface area contributed by atoms with Gasteiger partial charge in [0.15, 0.2) is 0 Å². The third-order valence-corrected chi connectivity index (χ3v) is 18.1. The van der Waals surface area contributed by atoms with E-state index in [1.165, 1.54) is 44.5 Å². The molecule has 536 valence electrons. The number of halogens is 17. The maximum absolute atomic E-state index is 11.3. The smallest absolute Gasteiger partial charge is 0.120 e. The van der Waals surface area contributed by atoms with Gasteiger partial charge >= 0.3 is 0 Å². The number of hydrogen-bond acceptors (Lipinski definition) is 4. The molecule has 10 aromatic rings. The lowest BCUT2D eigenvalue weighted by molar-refractivity contribution is 0.108. The Hall–Kier alpha value is -9.79. The first-order valence-electron chi connectivity index (χ1n) is 29.8. The van der Waals surface area contributed by atoms with Crippen molar-refractivity contribution in [2.45, 2.75) is 116 Å². The average Bonchev–Trinajstić information content (AvgIpc) is 0.883. The quantitative estimate of drug-likeness (QED) is 0.0646. The van der Waals surface area contributed by atoms with Gasteiger partial charge in [-0.25, -0.2) is 0 Å². The Balaban J connectivity index is 0.00000160. The molecule has 0 fully saturated rings. The molecule has 0 radical (unpaired) electrons. The van der Waals surface area contributed by atoms with E-state index in [-0.39, 0.29) is 38.0 Å². The molecule has 4 N–H and O–H groups in total. The summed E-state index contributed by atoms with van der Waals surface area (Å²) in [7, 11) is 0. The highest BCUT2D eigenvalue weighted by atomic mass is 20.0. The van der Waals surface area contributed by atoms with Crippen LogP contribution in [0.5, 0.6) is 23.0 Å². The van der Waals surface area contributed by atoms with E-state index < -0.39 is 5.41 Å². The summed E-state index contributed by atoms with van der Waals surface area (Å²) in [5.74, 6) is 1.29. The third-order valence-electron chi connectivity index (χ3n) is 18.1. The van der Waals surface area contributed by atoms with Gasteiger partial charge in [0.1, 0.15) is 23.0 Å². The molecule has 0 aliphatic heterocycles. The summed E-state index contributed by atoms with van der Waals surface area (Å²) in [6, 6.07) is 81.5. The van der Waals surface area contributed by atoms with Gasteiger partial charge in [-0.3, -0.25) is 4.70 Å². The van der Waals surface area contributed by atoms with E-state index in [4.69, 9.17) is 73.2 Å². The summed E-state index contributed by atoms with van der Waals surface area (Å²) in [5.41, 5.74) is 17.2. The highest BCUT2D eigenvalue weighted by Crippen LogP contribution is 2.47. The summed E-state index contributed by atoms with van der Waals surface area (Å²) >= 11 is 0. The van der Waals surface area contributed by atoms with Gasteiger partial charge in [-0.15, -0.1) is 0 Å². The van der Waals surface area contributed by atoms with Crippen molar-refractivity contribution in [3.63, 3.8) is 0 Å². The van der Waals surface area contributed by atoms with Gasteiger partial charge in [0.05, 0.1) is 0 Å². The minimum atomic E-state index is -0.542. The second-order valence-corrected chi connectivity index (χ2v) is 24.7. The summed E-state index contributed by atoms with van der Waals surface area (Å²) in [4.78, 5) is 0. The zero-order valence-corrected chi connectivity index (χ0v) is 56.3. The Bertz CT molecular complexity index is 3860. The third kappa shape index (κ3) is 21.6. The van der Waals surface area contributed by atoms with Gasteiger partial charge < -0.3 is 20.4 Å². The van der Waals surface area contributed by atoms with Crippen molar-refractivity contribution in [3.8, 4) is 34.1 Å². The van der Waals surface area contributed by atoms with Crippen molar-refractivity contribution < 1.29 is 98.3 Å². The molecular formula is C78H81F17O4. The lowest BCUT2D eigenvalue weighted by atomic mass is 9.68. The molecule has 10 aromatic carbocycles. The SMILES string of the molecule is Cc1cc(C(C)(C)c2cccc(C(C)(C)c3ccc(O)c(C(C)(c4ccccc4)c4ccccc4)c3)c2)ccc1O.Cc1cc(C(C)(C)c2cccc(C(C)(C)c3ccc(O)c(C(C)c4ccc(-c5ccccc5)cc4)c3)c2)ccc1O.F.FF.FF.FF.FF.FF.FF.FF.FF. The van der Waals surface area contributed by atoms with Crippen molar-refractivity contribution in [2.75, 3.05) is 0 Å². The molecule has 99 heavy (non-hydrogen) atoms. The molecule has 0 aromatic heterocycles. The normalized spacial score (nSPS) is 10.9. The Morgan fingerprint density at radius 2 is 0.525 bits per heavy atom. The molecule has 0 aliphatic carbocycles. The van der Waals surface area contributed by atoms with Gasteiger partial charge in [-0.05, 0) is 135 Å². The Morgan fingerprint density at radius 3 is 0.859 bits per heavy atom. The number of aromatic hydroxyl groups is 4. The van der Waals surface area contributed by atoms with E-state index in [1.807, 2.05) is 62.4 Å². The van der Waals surface area contributed by atoms with Crippen LogP contribution >= 0.6 is 0 Å². The van der Waals surface area contributed by atoms with Crippen LogP contribution in [0.25, 0.3) is 11.1 Å².